The van der Waals surface area contributed by atoms with Crippen LogP contribution in [0, 0.1) is 17.8 Å². The Labute approximate surface area is 168 Å². The molecule has 3 rings (SSSR count). The Morgan fingerprint density at radius 3 is 2.24 bits per heavy atom. The lowest BCUT2D eigenvalue weighted by Gasteiger charge is -2.41. The molecular weight excluding hydrogens is 372 g/mol. The first-order valence-electron chi connectivity index (χ1n) is 9.50. The first-order valence-corrected chi connectivity index (χ1v) is 9.50. The van der Waals surface area contributed by atoms with Crippen molar-refractivity contribution >= 4 is 23.5 Å². The highest BCUT2D eigenvalue weighted by Gasteiger charge is 2.49. The number of aryl methyl sites for hydroxylation is 1. The van der Waals surface area contributed by atoms with E-state index < -0.39 is 41.5 Å². The van der Waals surface area contributed by atoms with Gasteiger partial charge in [-0.15, -0.1) is 0 Å². The highest BCUT2D eigenvalue weighted by Crippen LogP contribution is 2.46. The Bertz CT molecular complexity index is 914. The van der Waals surface area contributed by atoms with Crippen molar-refractivity contribution in [3.05, 3.63) is 65.7 Å². The molecule has 4 atom stereocenters. The van der Waals surface area contributed by atoms with Gasteiger partial charge in [0.25, 0.3) is 0 Å². The molecule has 2 aromatic rings. The summed E-state index contributed by atoms with van der Waals surface area (Å²) in [6, 6.07) is 16.2. The third kappa shape index (κ3) is 4.00. The highest BCUT2D eigenvalue weighted by atomic mass is 16.4. The molecule has 0 aromatic heterocycles. The maximum Gasteiger partial charge on any atom is 0.307 e. The van der Waals surface area contributed by atoms with Crippen molar-refractivity contribution < 1.29 is 24.6 Å². The summed E-state index contributed by atoms with van der Waals surface area (Å²) in [4.78, 5) is 37.1. The van der Waals surface area contributed by atoms with Gasteiger partial charge in [0, 0.05) is 5.92 Å². The van der Waals surface area contributed by atoms with Crippen LogP contribution in [0.3, 0.4) is 0 Å². The molecule has 1 heterocycles. The number of benzene rings is 2. The van der Waals surface area contributed by atoms with E-state index in [1.807, 2.05) is 30.3 Å². The molecule has 0 aliphatic carbocycles. The van der Waals surface area contributed by atoms with Gasteiger partial charge in [-0.2, -0.15) is 0 Å². The molecule has 0 radical (unpaired) electrons. The molecule has 0 saturated heterocycles. The van der Waals surface area contributed by atoms with E-state index in [0.717, 1.165) is 10.6 Å². The fraction of sp³-hybridized carbons (Fsp3) is 0.318. The first kappa shape index (κ1) is 20.5. The molecule has 2 aromatic carbocycles. The van der Waals surface area contributed by atoms with Crippen LogP contribution < -0.4 is 10.9 Å². The lowest BCUT2D eigenvalue weighted by Crippen LogP contribution is -2.53. The van der Waals surface area contributed by atoms with Crippen LogP contribution in [0.5, 0.6) is 0 Å². The Morgan fingerprint density at radius 1 is 1.00 bits per heavy atom. The summed E-state index contributed by atoms with van der Waals surface area (Å²) in [7, 11) is 0. The van der Waals surface area contributed by atoms with Crippen LogP contribution in [0.25, 0.3) is 0 Å². The molecule has 4 unspecified atom stereocenters. The van der Waals surface area contributed by atoms with E-state index in [0.29, 0.717) is 17.7 Å². The van der Waals surface area contributed by atoms with Gasteiger partial charge in [-0.1, -0.05) is 55.5 Å². The Morgan fingerprint density at radius 2 is 1.62 bits per heavy atom. The zero-order chi connectivity index (χ0) is 21.1. The van der Waals surface area contributed by atoms with Gasteiger partial charge in [-0.05, 0) is 30.0 Å². The maximum absolute atomic E-state index is 13.1. The van der Waals surface area contributed by atoms with E-state index in [9.17, 15) is 24.6 Å². The number of hydrazine groups is 1. The number of hydrogen-bond acceptors (Lipinski definition) is 4. The molecular formula is C22H24N2O5. The van der Waals surface area contributed by atoms with Gasteiger partial charge in [0.2, 0.25) is 5.91 Å². The minimum Gasteiger partial charge on any atom is -0.481 e. The largest absolute Gasteiger partial charge is 0.481 e. The van der Waals surface area contributed by atoms with E-state index in [-0.39, 0.29) is 6.42 Å². The summed E-state index contributed by atoms with van der Waals surface area (Å²) < 4.78 is 0. The van der Waals surface area contributed by atoms with Crippen LogP contribution in [-0.4, -0.2) is 28.1 Å². The Kier molecular flexibility index (Phi) is 5.98. The van der Waals surface area contributed by atoms with Gasteiger partial charge in [-0.3, -0.25) is 14.4 Å². The number of amides is 1. The maximum atomic E-state index is 13.1. The predicted molar refractivity (Wildman–Crippen MR) is 107 cm³/mol. The average molecular weight is 396 g/mol. The minimum atomic E-state index is -1.13. The number of aliphatic carboxylic acids is 2. The topological polar surface area (TPSA) is 121 Å². The van der Waals surface area contributed by atoms with Gasteiger partial charge in [0.05, 0.1) is 23.4 Å². The van der Waals surface area contributed by atoms with Gasteiger partial charge in [0.1, 0.15) is 0 Å². The van der Waals surface area contributed by atoms with Crippen LogP contribution in [0.15, 0.2) is 54.6 Å². The smallest absolute Gasteiger partial charge is 0.307 e. The number of nitrogens with zero attached hydrogens (tertiary/aromatic N) is 1. The van der Waals surface area contributed by atoms with Crippen LogP contribution in [0.1, 0.15) is 30.4 Å². The molecule has 1 amide bonds. The molecule has 0 bridgehead atoms. The quantitative estimate of drug-likeness (QED) is 0.489. The van der Waals surface area contributed by atoms with Crippen LogP contribution in [-0.2, 0) is 20.8 Å². The Balaban J connectivity index is 2.03. The lowest BCUT2D eigenvalue weighted by molar-refractivity contribution is -0.151. The normalized spacial score (nSPS) is 20.6. The number of carbonyl (C=O) groups is 3. The van der Waals surface area contributed by atoms with Gasteiger partial charge >= 0.3 is 11.9 Å². The summed E-state index contributed by atoms with van der Waals surface area (Å²) >= 11 is 0. The highest BCUT2D eigenvalue weighted by molar-refractivity contribution is 6.00. The molecule has 7 nitrogen and oxygen atoms in total. The van der Waals surface area contributed by atoms with E-state index in [1.54, 1.807) is 24.3 Å². The fourth-order valence-electron chi connectivity index (χ4n) is 4.19. The third-order valence-corrected chi connectivity index (χ3v) is 5.73. The Hall–Kier alpha value is -3.19. The number of nitrogens with two attached hydrogens (primary N) is 1. The number of carbonyl (C=O) groups excluding carboxylic acids is 1. The molecule has 4 N–H and O–H groups in total. The molecule has 0 saturated carbocycles. The van der Waals surface area contributed by atoms with Gasteiger partial charge < -0.3 is 10.2 Å². The molecule has 1 aliphatic heterocycles. The van der Waals surface area contributed by atoms with Crippen molar-refractivity contribution in [2.45, 2.75) is 25.7 Å². The minimum absolute atomic E-state index is 0.203. The summed E-state index contributed by atoms with van der Waals surface area (Å²) in [6.07, 6.45) is 0.663. The lowest BCUT2D eigenvalue weighted by atomic mass is 9.67. The number of para-hydroxylation sites is 1. The zero-order valence-corrected chi connectivity index (χ0v) is 16.1. The molecule has 7 heteroatoms. The number of hydrogen-bond donors (Lipinski definition) is 3. The fourth-order valence-corrected chi connectivity index (χ4v) is 4.19. The summed E-state index contributed by atoms with van der Waals surface area (Å²) in [5.41, 5.74) is 1.95. The summed E-state index contributed by atoms with van der Waals surface area (Å²) in [5.74, 6) is -0.633. The van der Waals surface area contributed by atoms with Crippen molar-refractivity contribution in [3.63, 3.8) is 0 Å². The third-order valence-electron chi connectivity index (χ3n) is 5.73. The van der Waals surface area contributed by atoms with Crippen LogP contribution >= 0.6 is 0 Å². The molecule has 29 heavy (non-hydrogen) atoms. The number of carboxylic acid groups (broad SMARTS) is 2. The second-order valence-corrected chi connectivity index (χ2v) is 7.41. The van der Waals surface area contributed by atoms with Crippen molar-refractivity contribution in [1.82, 2.24) is 0 Å². The molecule has 152 valence electrons. The van der Waals surface area contributed by atoms with E-state index in [2.05, 4.69) is 0 Å². The number of fused-ring (bicyclic) bond motifs is 1. The number of carboxylic acids is 2. The van der Waals surface area contributed by atoms with Crippen molar-refractivity contribution in [2.75, 3.05) is 5.01 Å². The zero-order valence-electron chi connectivity index (χ0n) is 16.1. The number of rotatable bonds is 7. The molecule has 1 aliphatic rings. The van der Waals surface area contributed by atoms with E-state index in [4.69, 9.17) is 5.84 Å². The monoisotopic (exact) mass is 396 g/mol. The molecule has 0 spiro atoms. The second kappa shape index (κ2) is 8.45. The van der Waals surface area contributed by atoms with Crippen molar-refractivity contribution in [2.24, 2.45) is 23.6 Å². The SMILES string of the molecule is CC(C(=O)O)C1c2ccccc2N(N)C(=O)C1C(CCc1ccccc1)C(=O)O. The van der Waals surface area contributed by atoms with Gasteiger partial charge in [-0.25, -0.2) is 10.9 Å². The van der Waals surface area contributed by atoms with E-state index >= 15 is 0 Å². The summed E-state index contributed by atoms with van der Waals surface area (Å²) in [5, 5.41) is 20.6. The predicted octanol–water partition coefficient (Wildman–Crippen LogP) is 2.66. The van der Waals surface area contributed by atoms with Crippen LogP contribution in [0.2, 0.25) is 0 Å². The van der Waals surface area contributed by atoms with Crippen molar-refractivity contribution in [3.8, 4) is 0 Å². The van der Waals surface area contributed by atoms with Crippen LogP contribution in [0.4, 0.5) is 5.69 Å². The second-order valence-electron chi connectivity index (χ2n) is 7.41. The first-order chi connectivity index (χ1) is 13.8. The summed E-state index contributed by atoms with van der Waals surface area (Å²) in [6.45, 7) is 1.51. The van der Waals surface area contributed by atoms with E-state index in [1.165, 1.54) is 6.92 Å². The van der Waals surface area contributed by atoms with Gasteiger partial charge in [0.15, 0.2) is 0 Å². The van der Waals surface area contributed by atoms with Crippen molar-refractivity contribution in [1.29, 1.82) is 0 Å². The average Bonchev–Trinajstić information content (AvgIpc) is 2.71. The standard InChI is InChI=1S/C22H24N2O5/c1-13(21(26)27)18-15-9-5-6-10-17(15)24(23)20(25)19(18)16(22(28)29)12-11-14-7-3-2-4-8-14/h2-10,13,16,18-19H,11-12,23H2,1H3,(H,26,27)(H,28,29). The number of anilines is 1. The molecule has 0 fully saturated rings.